The van der Waals surface area contributed by atoms with Gasteiger partial charge in [-0.1, -0.05) is 5.16 Å². The van der Waals surface area contributed by atoms with Crippen molar-refractivity contribution in [3.63, 3.8) is 0 Å². The number of nitrogens with two attached hydrogens (primary N) is 1. The largest absolute Gasteiger partial charge is 0.409 e. The monoisotopic (exact) mass is 294 g/mol. The number of nitrogens with zero attached hydrogens (tertiary/aromatic N) is 2. The Labute approximate surface area is 124 Å². The molecule has 1 aliphatic rings. The summed E-state index contributed by atoms with van der Waals surface area (Å²) in [5.74, 6) is 0.222. The molecule has 0 bridgehead atoms. The molecule has 1 saturated heterocycles. The van der Waals surface area contributed by atoms with Gasteiger partial charge < -0.3 is 21.2 Å². The van der Waals surface area contributed by atoms with Crippen LogP contribution in [0, 0.1) is 11.7 Å². The third-order valence-corrected chi connectivity index (χ3v) is 3.96. The molecule has 0 unspecified atom stereocenters. The molecule has 116 valence electrons. The van der Waals surface area contributed by atoms with E-state index in [-0.39, 0.29) is 11.7 Å². The first-order chi connectivity index (χ1) is 10.1. The van der Waals surface area contributed by atoms with Crippen LogP contribution in [0.1, 0.15) is 24.0 Å². The van der Waals surface area contributed by atoms with E-state index in [0.717, 1.165) is 25.2 Å². The van der Waals surface area contributed by atoms with Crippen molar-refractivity contribution in [2.45, 2.75) is 19.4 Å². The predicted octanol–water partition coefficient (Wildman–Crippen LogP) is 1.35. The standard InChI is InChI=1S/C15H23FN4O/c1-20-4-2-11(3-5-20)9-18-10-12-6-13(15(17)19-21)8-14(16)7-12/h6-8,11,18,21H,2-5,9-10H2,1H3,(H2,17,19). The molecule has 0 aliphatic carbocycles. The highest BCUT2D eigenvalue weighted by Gasteiger charge is 2.16. The average Bonchev–Trinajstić information content (AvgIpc) is 2.48. The molecule has 1 fully saturated rings. The Morgan fingerprint density at radius 1 is 1.43 bits per heavy atom. The van der Waals surface area contributed by atoms with Gasteiger partial charge in [0.1, 0.15) is 5.82 Å². The molecule has 1 aromatic carbocycles. The Balaban J connectivity index is 1.87. The number of halogens is 1. The minimum Gasteiger partial charge on any atom is -0.409 e. The van der Waals surface area contributed by atoms with Gasteiger partial charge >= 0.3 is 0 Å². The summed E-state index contributed by atoms with van der Waals surface area (Å²) in [5.41, 5.74) is 6.69. The van der Waals surface area contributed by atoms with Gasteiger partial charge in [0.2, 0.25) is 0 Å². The van der Waals surface area contributed by atoms with Crippen LogP contribution in [-0.4, -0.2) is 42.6 Å². The van der Waals surface area contributed by atoms with Crippen molar-refractivity contribution in [1.29, 1.82) is 0 Å². The lowest BCUT2D eigenvalue weighted by Crippen LogP contribution is -2.34. The van der Waals surface area contributed by atoms with Crippen LogP contribution in [0.4, 0.5) is 4.39 Å². The summed E-state index contributed by atoms with van der Waals surface area (Å²) in [6.07, 6.45) is 2.39. The van der Waals surface area contributed by atoms with E-state index in [2.05, 4.69) is 22.4 Å². The van der Waals surface area contributed by atoms with E-state index in [1.807, 2.05) is 0 Å². The SMILES string of the molecule is CN1CCC(CNCc2cc(F)cc(/C(N)=N/O)c2)CC1. The summed E-state index contributed by atoms with van der Waals surface area (Å²) in [5, 5.41) is 14.9. The van der Waals surface area contributed by atoms with Crippen molar-refractivity contribution in [2.75, 3.05) is 26.7 Å². The van der Waals surface area contributed by atoms with Gasteiger partial charge in [0.05, 0.1) is 0 Å². The second-order valence-electron chi connectivity index (χ2n) is 5.71. The van der Waals surface area contributed by atoms with E-state index < -0.39 is 0 Å². The van der Waals surface area contributed by atoms with E-state index in [0.29, 0.717) is 18.0 Å². The molecule has 0 radical (unpaired) electrons. The first kappa shape index (κ1) is 15.7. The van der Waals surface area contributed by atoms with Gasteiger partial charge in [-0.15, -0.1) is 0 Å². The fraction of sp³-hybridized carbons (Fsp3) is 0.533. The van der Waals surface area contributed by atoms with Crippen molar-refractivity contribution in [2.24, 2.45) is 16.8 Å². The number of benzene rings is 1. The van der Waals surface area contributed by atoms with Gasteiger partial charge in [-0.2, -0.15) is 0 Å². The summed E-state index contributed by atoms with van der Waals surface area (Å²) in [7, 11) is 2.14. The van der Waals surface area contributed by atoms with E-state index in [4.69, 9.17) is 10.9 Å². The third-order valence-electron chi connectivity index (χ3n) is 3.96. The summed E-state index contributed by atoms with van der Waals surface area (Å²) in [4.78, 5) is 2.34. The number of hydrogen-bond donors (Lipinski definition) is 3. The lowest BCUT2D eigenvalue weighted by molar-refractivity contribution is 0.216. The first-order valence-corrected chi connectivity index (χ1v) is 7.25. The molecule has 1 aliphatic heterocycles. The molecule has 2 rings (SSSR count). The second kappa shape index (κ2) is 7.38. The van der Waals surface area contributed by atoms with Crippen LogP contribution >= 0.6 is 0 Å². The summed E-state index contributed by atoms with van der Waals surface area (Å²) < 4.78 is 13.5. The predicted molar refractivity (Wildman–Crippen MR) is 80.8 cm³/mol. The second-order valence-corrected chi connectivity index (χ2v) is 5.71. The van der Waals surface area contributed by atoms with Crippen LogP contribution in [-0.2, 0) is 6.54 Å². The van der Waals surface area contributed by atoms with Gasteiger partial charge in [-0.25, -0.2) is 4.39 Å². The van der Waals surface area contributed by atoms with Crippen LogP contribution in [0.15, 0.2) is 23.4 Å². The Kier molecular flexibility index (Phi) is 5.52. The Hall–Kier alpha value is -1.66. The van der Waals surface area contributed by atoms with E-state index in [1.165, 1.54) is 25.0 Å². The van der Waals surface area contributed by atoms with Crippen LogP contribution in [0.2, 0.25) is 0 Å². The summed E-state index contributed by atoms with van der Waals surface area (Å²) >= 11 is 0. The van der Waals surface area contributed by atoms with Gasteiger partial charge in [-0.05, 0) is 69.2 Å². The molecular weight excluding hydrogens is 271 g/mol. The summed E-state index contributed by atoms with van der Waals surface area (Å²) in [6, 6.07) is 4.46. The fourth-order valence-electron chi connectivity index (χ4n) is 2.64. The molecule has 0 atom stereocenters. The van der Waals surface area contributed by atoms with Gasteiger partial charge in [0.15, 0.2) is 5.84 Å². The quantitative estimate of drug-likeness (QED) is 0.332. The molecule has 6 heteroatoms. The number of piperidine rings is 1. The van der Waals surface area contributed by atoms with Crippen molar-refractivity contribution in [3.05, 3.63) is 35.1 Å². The number of oxime groups is 1. The number of likely N-dealkylation sites (tertiary alicyclic amines) is 1. The van der Waals surface area contributed by atoms with Crippen molar-refractivity contribution >= 4 is 5.84 Å². The van der Waals surface area contributed by atoms with Gasteiger partial charge in [-0.3, -0.25) is 0 Å². The molecule has 1 aromatic rings. The maximum atomic E-state index is 13.5. The van der Waals surface area contributed by atoms with Crippen molar-refractivity contribution in [1.82, 2.24) is 10.2 Å². The highest BCUT2D eigenvalue weighted by molar-refractivity contribution is 5.97. The average molecular weight is 294 g/mol. The zero-order chi connectivity index (χ0) is 15.2. The van der Waals surface area contributed by atoms with E-state index in [1.54, 1.807) is 6.07 Å². The van der Waals surface area contributed by atoms with E-state index in [9.17, 15) is 4.39 Å². The Morgan fingerprint density at radius 3 is 2.81 bits per heavy atom. The number of nitrogens with one attached hydrogen (secondary N) is 1. The topological polar surface area (TPSA) is 73.9 Å². The van der Waals surface area contributed by atoms with Crippen LogP contribution in [0.25, 0.3) is 0 Å². The number of rotatable bonds is 5. The molecule has 4 N–H and O–H groups in total. The van der Waals surface area contributed by atoms with Crippen LogP contribution < -0.4 is 11.1 Å². The zero-order valence-corrected chi connectivity index (χ0v) is 12.3. The third kappa shape index (κ3) is 4.68. The normalized spacial score (nSPS) is 18.1. The van der Waals surface area contributed by atoms with Crippen LogP contribution in [0.3, 0.4) is 0 Å². The van der Waals surface area contributed by atoms with Crippen molar-refractivity contribution in [3.8, 4) is 0 Å². The Bertz CT molecular complexity index is 498. The Morgan fingerprint density at radius 2 is 2.14 bits per heavy atom. The minimum atomic E-state index is -0.379. The van der Waals surface area contributed by atoms with Gasteiger partial charge in [0, 0.05) is 12.1 Å². The summed E-state index contributed by atoms with van der Waals surface area (Å²) in [6.45, 7) is 3.79. The molecule has 0 saturated carbocycles. The fourth-order valence-corrected chi connectivity index (χ4v) is 2.64. The molecule has 0 spiro atoms. The minimum absolute atomic E-state index is 0.0777. The van der Waals surface area contributed by atoms with Gasteiger partial charge in [0.25, 0.3) is 0 Å². The number of hydrogen-bond acceptors (Lipinski definition) is 4. The maximum absolute atomic E-state index is 13.5. The highest BCUT2D eigenvalue weighted by Crippen LogP contribution is 2.15. The molecule has 0 aromatic heterocycles. The van der Waals surface area contributed by atoms with E-state index >= 15 is 0 Å². The van der Waals surface area contributed by atoms with Crippen LogP contribution in [0.5, 0.6) is 0 Å². The number of amidine groups is 1. The molecule has 0 amide bonds. The lowest BCUT2D eigenvalue weighted by Gasteiger charge is -2.29. The maximum Gasteiger partial charge on any atom is 0.170 e. The molecular formula is C15H23FN4O. The zero-order valence-electron chi connectivity index (χ0n) is 12.3. The van der Waals surface area contributed by atoms with Crippen molar-refractivity contribution < 1.29 is 9.60 Å². The lowest BCUT2D eigenvalue weighted by atomic mass is 9.97. The molecule has 21 heavy (non-hydrogen) atoms. The smallest absolute Gasteiger partial charge is 0.170 e. The highest BCUT2D eigenvalue weighted by atomic mass is 19.1. The molecule has 5 nitrogen and oxygen atoms in total. The first-order valence-electron chi connectivity index (χ1n) is 7.25. The molecule has 1 heterocycles.